The molecule has 0 saturated carbocycles. The summed E-state index contributed by atoms with van der Waals surface area (Å²) in [5.74, 6) is 1.17. The Balaban J connectivity index is 0.937. The Morgan fingerprint density at radius 3 is 2.62 bits per heavy atom. The van der Waals surface area contributed by atoms with Crippen molar-refractivity contribution in [3.05, 3.63) is 85.1 Å². The largest absolute Gasteiger partial charge is 0.491 e. The van der Waals surface area contributed by atoms with Crippen molar-refractivity contribution in [2.75, 3.05) is 51.2 Å². The van der Waals surface area contributed by atoms with Crippen LogP contribution in [0.2, 0.25) is 0 Å². The van der Waals surface area contributed by atoms with Crippen LogP contribution < -0.4 is 10.1 Å². The summed E-state index contributed by atoms with van der Waals surface area (Å²) in [5.41, 5.74) is 3.99. The molecular formula is C31H31N5O4. The number of oxazole rings is 1. The molecule has 2 N–H and O–H groups in total. The monoisotopic (exact) mass is 537 g/mol. The molecule has 1 aliphatic heterocycles. The van der Waals surface area contributed by atoms with Gasteiger partial charge in [0, 0.05) is 61.6 Å². The number of piperazine rings is 1. The van der Waals surface area contributed by atoms with E-state index in [1.54, 1.807) is 6.20 Å². The third-order valence-corrected chi connectivity index (χ3v) is 7.01. The molecule has 0 bridgehead atoms. The topological polar surface area (TPSA) is 104 Å². The molecule has 204 valence electrons. The van der Waals surface area contributed by atoms with E-state index in [0.29, 0.717) is 35.8 Å². The first-order valence-corrected chi connectivity index (χ1v) is 13.5. The summed E-state index contributed by atoms with van der Waals surface area (Å²) in [4.78, 5) is 25.8. The van der Waals surface area contributed by atoms with Gasteiger partial charge < -0.3 is 19.6 Å². The van der Waals surface area contributed by atoms with Crippen molar-refractivity contribution in [2.45, 2.75) is 6.10 Å². The van der Waals surface area contributed by atoms with Crippen molar-refractivity contribution in [3.8, 4) is 17.2 Å². The van der Waals surface area contributed by atoms with Crippen LogP contribution in [0.4, 0.5) is 5.69 Å². The fourth-order valence-corrected chi connectivity index (χ4v) is 4.93. The fraction of sp³-hybridized carbons (Fsp3) is 0.258. The van der Waals surface area contributed by atoms with Crippen molar-refractivity contribution < 1.29 is 19.1 Å². The number of β-amino-alcohol motifs (C(OH)–C–C–N with tert-alkyl or cyclic N) is 1. The Kier molecular flexibility index (Phi) is 7.67. The first kappa shape index (κ1) is 25.9. The first-order chi connectivity index (χ1) is 19.6. The number of hydrogen-bond donors (Lipinski definition) is 2. The highest BCUT2D eigenvalue weighted by atomic mass is 16.5. The number of rotatable bonds is 9. The quantitative estimate of drug-likeness (QED) is 0.290. The summed E-state index contributed by atoms with van der Waals surface area (Å²) in [6.07, 6.45) is 1.12. The van der Waals surface area contributed by atoms with E-state index in [1.165, 1.54) is 0 Å². The van der Waals surface area contributed by atoms with E-state index in [9.17, 15) is 9.90 Å². The third kappa shape index (κ3) is 6.28. The van der Waals surface area contributed by atoms with E-state index in [2.05, 4.69) is 25.1 Å². The number of nitrogens with zero attached hydrogens (tertiary/aromatic N) is 4. The number of aliphatic hydroxyl groups excluding tert-OH is 1. The van der Waals surface area contributed by atoms with Gasteiger partial charge in [-0.05, 0) is 48.5 Å². The number of aromatic nitrogens is 2. The van der Waals surface area contributed by atoms with Crippen molar-refractivity contribution in [1.82, 2.24) is 19.8 Å². The molecule has 9 nitrogen and oxygen atoms in total. The summed E-state index contributed by atoms with van der Waals surface area (Å²) in [7, 11) is 0. The number of aliphatic hydroxyl groups is 1. The summed E-state index contributed by atoms with van der Waals surface area (Å²) in [6, 6.07) is 24.8. The van der Waals surface area contributed by atoms with Crippen LogP contribution in [-0.4, -0.2) is 82.8 Å². The number of fused-ring (bicyclic) bond motifs is 2. The zero-order chi connectivity index (χ0) is 27.3. The highest BCUT2D eigenvalue weighted by Crippen LogP contribution is 2.27. The Morgan fingerprint density at radius 2 is 1.77 bits per heavy atom. The van der Waals surface area contributed by atoms with Crippen molar-refractivity contribution >= 4 is 33.6 Å². The second-order valence-electron chi connectivity index (χ2n) is 10.0. The lowest BCUT2D eigenvalue weighted by atomic mass is 10.2. The molecular weight excluding hydrogens is 506 g/mol. The number of carbonyl (C=O) groups is 1. The minimum Gasteiger partial charge on any atom is -0.491 e. The van der Waals surface area contributed by atoms with Crippen LogP contribution in [-0.2, 0) is 4.79 Å². The van der Waals surface area contributed by atoms with Gasteiger partial charge in [0.15, 0.2) is 5.58 Å². The maximum absolute atomic E-state index is 12.6. The van der Waals surface area contributed by atoms with E-state index in [1.807, 2.05) is 78.9 Å². The zero-order valence-corrected chi connectivity index (χ0v) is 22.1. The van der Waals surface area contributed by atoms with Gasteiger partial charge in [-0.1, -0.05) is 24.3 Å². The Hall–Kier alpha value is -4.31. The molecule has 3 aromatic carbocycles. The van der Waals surface area contributed by atoms with Crippen LogP contribution >= 0.6 is 0 Å². The van der Waals surface area contributed by atoms with E-state index in [0.717, 1.165) is 48.3 Å². The molecule has 0 radical (unpaired) electrons. The average molecular weight is 538 g/mol. The van der Waals surface area contributed by atoms with Crippen LogP contribution in [0.3, 0.4) is 0 Å². The van der Waals surface area contributed by atoms with E-state index in [-0.39, 0.29) is 12.5 Å². The normalized spacial score (nSPS) is 15.3. The first-order valence-electron chi connectivity index (χ1n) is 13.5. The van der Waals surface area contributed by atoms with Gasteiger partial charge in [-0.15, -0.1) is 0 Å². The van der Waals surface area contributed by atoms with Gasteiger partial charge in [0.2, 0.25) is 11.8 Å². The van der Waals surface area contributed by atoms with Crippen LogP contribution in [0.25, 0.3) is 33.5 Å². The molecule has 6 rings (SSSR count). The van der Waals surface area contributed by atoms with E-state index in [4.69, 9.17) is 9.15 Å². The molecule has 0 unspecified atom stereocenters. The molecule has 1 aliphatic rings. The van der Waals surface area contributed by atoms with Crippen LogP contribution in [0.1, 0.15) is 0 Å². The van der Waals surface area contributed by atoms with Gasteiger partial charge in [-0.2, -0.15) is 0 Å². The van der Waals surface area contributed by atoms with Crippen LogP contribution in [0.5, 0.6) is 5.75 Å². The molecule has 1 saturated heterocycles. The second-order valence-corrected chi connectivity index (χ2v) is 10.0. The summed E-state index contributed by atoms with van der Waals surface area (Å²) in [5, 5.41) is 14.6. The summed E-state index contributed by atoms with van der Waals surface area (Å²) in [6.45, 7) is 4.10. The lowest BCUT2D eigenvalue weighted by molar-refractivity contribution is -0.117. The highest BCUT2D eigenvalue weighted by Gasteiger charge is 2.21. The number of anilines is 1. The molecule has 1 fully saturated rings. The molecule has 1 amide bonds. The highest BCUT2D eigenvalue weighted by molar-refractivity contribution is 5.94. The number of benzene rings is 3. The second kappa shape index (κ2) is 11.8. The average Bonchev–Trinajstić information content (AvgIpc) is 3.41. The summed E-state index contributed by atoms with van der Waals surface area (Å²) >= 11 is 0. The number of carbonyl (C=O) groups excluding carboxylic acids is 1. The standard InChI is InChI=1S/C31H31N5O4/c37-25(21-39-26-9-11-29-28(18-26)34-31(40-29)22-5-2-1-3-6-22)19-35-13-15-36(16-14-35)20-30(38)33-24-8-10-27-23(17-24)7-4-12-32-27/h1-12,17-18,25,37H,13-16,19-21H2,(H,33,38)/t25-/m1/s1. The fourth-order valence-electron chi connectivity index (χ4n) is 4.93. The maximum atomic E-state index is 12.6. The lowest BCUT2D eigenvalue weighted by Crippen LogP contribution is -2.50. The molecule has 0 aliphatic carbocycles. The third-order valence-electron chi connectivity index (χ3n) is 7.01. The molecule has 5 aromatic rings. The minimum absolute atomic E-state index is 0.0369. The Bertz CT molecular complexity index is 1600. The Labute approximate surface area is 232 Å². The van der Waals surface area contributed by atoms with Crippen LogP contribution in [0.15, 0.2) is 89.5 Å². The number of hydrogen-bond acceptors (Lipinski definition) is 8. The lowest BCUT2D eigenvalue weighted by Gasteiger charge is -2.35. The van der Waals surface area contributed by atoms with E-state index >= 15 is 0 Å². The van der Waals surface area contributed by atoms with Gasteiger partial charge in [0.05, 0.1) is 12.1 Å². The molecule has 9 heteroatoms. The molecule has 2 aromatic heterocycles. The Morgan fingerprint density at radius 1 is 0.950 bits per heavy atom. The summed E-state index contributed by atoms with van der Waals surface area (Å²) < 4.78 is 11.7. The predicted octanol–water partition coefficient (Wildman–Crippen LogP) is 4.04. The number of ether oxygens (including phenoxy) is 1. The molecule has 3 heterocycles. The minimum atomic E-state index is -0.634. The van der Waals surface area contributed by atoms with Crippen molar-refractivity contribution in [1.29, 1.82) is 0 Å². The predicted molar refractivity (Wildman–Crippen MR) is 154 cm³/mol. The maximum Gasteiger partial charge on any atom is 0.238 e. The number of amides is 1. The van der Waals surface area contributed by atoms with Crippen molar-refractivity contribution in [2.24, 2.45) is 0 Å². The number of pyridine rings is 1. The SMILES string of the molecule is O=C(CN1CCN(C[C@@H](O)COc2ccc3oc(-c4ccccc4)nc3c2)CC1)Nc1ccc2ncccc2c1. The number of nitrogens with one attached hydrogen (secondary N) is 1. The van der Waals surface area contributed by atoms with Crippen molar-refractivity contribution in [3.63, 3.8) is 0 Å². The van der Waals surface area contributed by atoms with Gasteiger partial charge in [0.25, 0.3) is 0 Å². The molecule has 40 heavy (non-hydrogen) atoms. The van der Waals surface area contributed by atoms with Gasteiger partial charge >= 0.3 is 0 Å². The van der Waals surface area contributed by atoms with Crippen LogP contribution in [0, 0.1) is 0 Å². The van der Waals surface area contributed by atoms with Gasteiger partial charge in [-0.25, -0.2) is 4.98 Å². The molecule has 0 spiro atoms. The van der Waals surface area contributed by atoms with Gasteiger partial charge in [0.1, 0.15) is 24.0 Å². The smallest absolute Gasteiger partial charge is 0.238 e. The molecule has 1 atom stereocenters. The van der Waals surface area contributed by atoms with Gasteiger partial charge in [-0.3, -0.25) is 19.6 Å². The van der Waals surface area contributed by atoms with E-state index < -0.39 is 6.10 Å². The zero-order valence-electron chi connectivity index (χ0n) is 22.1.